The second kappa shape index (κ2) is 5.44. The third-order valence-corrected chi connectivity index (χ3v) is 4.16. The number of hydrogen-bond acceptors (Lipinski definition) is 3. The predicted molar refractivity (Wildman–Crippen MR) is 83.9 cm³/mol. The van der Waals surface area contributed by atoms with E-state index in [-0.39, 0.29) is 0 Å². The van der Waals surface area contributed by atoms with Crippen LogP contribution in [-0.4, -0.2) is 34.1 Å². The van der Waals surface area contributed by atoms with Gasteiger partial charge in [-0.25, -0.2) is 4.98 Å². The monoisotopic (exact) mass is 272 g/mol. The Balaban J connectivity index is 1.91. The summed E-state index contributed by atoms with van der Waals surface area (Å²) in [5.74, 6) is 1.60. The molecule has 1 aliphatic heterocycles. The van der Waals surface area contributed by atoms with Crippen molar-refractivity contribution >= 4 is 16.7 Å². The van der Waals surface area contributed by atoms with E-state index in [0.717, 1.165) is 24.3 Å². The van der Waals surface area contributed by atoms with Gasteiger partial charge in [-0.15, -0.1) is 0 Å². The van der Waals surface area contributed by atoms with Crippen LogP contribution in [0.5, 0.6) is 0 Å². The molecular weight excluding hydrogens is 248 g/mol. The van der Waals surface area contributed by atoms with Crippen molar-refractivity contribution in [2.75, 3.05) is 25.4 Å². The van der Waals surface area contributed by atoms with Gasteiger partial charge in [-0.05, 0) is 44.1 Å². The lowest BCUT2D eigenvalue weighted by Crippen LogP contribution is -2.24. The molecule has 1 aromatic carbocycles. The van der Waals surface area contributed by atoms with Crippen molar-refractivity contribution in [3.63, 3.8) is 0 Å². The number of nitrogens with zero attached hydrogens (tertiary/aromatic N) is 3. The summed E-state index contributed by atoms with van der Waals surface area (Å²) in [5, 5.41) is 0. The van der Waals surface area contributed by atoms with E-state index in [9.17, 15) is 0 Å². The Labute approximate surface area is 120 Å². The summed E-state index contributed by atoms with van der Waals surface area (Å²) < 4.78 is 2.37. The van der Waals surface area contributed by atoms with Crippen molar-refractivity contribution < 1.29 is 0 Å². The van der Waals surface area contributed by atoms with Gasteiger partial charge in [-0.3, -0.25) is 0 Å². The summed E-state index contributed by atoms with van der Waals surface area (Å²) in [6.07, 6.45) is 2.69. The first-order chi connectivity index (χ1) is 9.65. The summed E-state index contributed by atoms with van der Waals surface area (Å²) in [4.78, 5) is 7.33. The van der Waals surface area contributed by atoms with Gasteiger partial charge in [-0.1, -0.05) is 13.8 Å². The number of nitrogen functional groups attached to an aromatic ring is 1. The SMILES string of the molecule is CC(C)c1nc2cc(N)ccc2n1CCN1CCCC1. The van der Waals surface area contributed by atoms with Gasteiger partial charge in [0.2, 0.25) is 0 Å². The minimum absolute atomic E-state index is 0.433. The zero-order chi connectivity index (χ0) is 14.1. The Morgan fingerprint density at radius 2 is 1.95 bits per heavy atom. The smallest absolute Gasteiger partial charge is 0.112 e. The number of rotatable bonds is 4. The summed E-state index contributed by atoms with van der Waals surface area (Å²) in [5.41, 5.74) is 8.90. The lowest BCUT2D eigenvalue weighted by atomic mass is 10.2. The van der Waals surface area contributed by atoms with Gasteiger partial charge in [0.05, 0.1) is 11.0 Å². The van der Waals surface area contributed by atoms with Gasteiger partial charge in [0.1, 0.15) is 5.82 Å². The standard InChI is InChI=1S/C16H24N4/c1-12(2)16-18-14-11-13(17)5-6-15(14)20(16)10-9-19-7-3-4-8-19/h5-6,11-12H,3-4,7-10,17H2,1-2H3. The maximum Gasteiger partial charge on any atom is 0.112 e. The average Bonchev–Trinajstić information content (AvgIpc) is 3.02. The van der Waals surface area contributed by atoms with Gasteiger partial charge in [0, 0.05) is 24.7 Å². The van der Waals surface area contributed by atoms with E-state index in [1.807, 2.05) is 12.1 Å². The molecule has 2 heterocycles. The second-order valence-electron chi connectivity index (χ2n) is 6.07. The molecule has 2 N–H and O–H groups in total. The Morgan fingerprint density at radius 1 is 1.20 bits per heavy atom. The summed E-state index contributed by atoms with van der Waals surface area (Å²) >= 11 is 0. The molecule has 4 nitrogen and oxygen atoms in total. The van der Waals surface area contributed by atoms with E-state index in [0.29, 0.717) is 5.92 Å². The van der Waals surface area contributed by atoms with Gasteiger partial charge in [0.15, 0.2) is 0 Å². The van der Waals surface area contributed by atoms with Crippen molar-refractivity contribution in [2.45, 2.75) is 39.2 Å². The lowest BCUT2D eigenvalue weighted by Gasteiger charge is -2.17. The van der Waals surface area contributed by atoms with E-state index in [2.05, 4.69) is 29.4 Å². The van der Waals surface area contributed by atoms with Crippen LogP contribution in [0.25, 0.3) is 11.0 Å². The molecule has 0 radical (unpaired) electrons. The van der Waals surface area contributed by atoms with Crippen LogP contribution in [0.15, 0.2) is 18.2 Å². The molecule has 1 saturated heterocycles. The first kappa shape index (κ1) is 13.4. The topological polar surface area (TPSA) is 47.1 Å². The Morgan fingerprint density at radius 3 is 2.65 bits per heavy atom. The van der Waals surface area contributed by atoms with E-state index in [4.69, 9.17) is 10.7 Å². The Bertz CT molecular complexity index is 594. The predicted octanol–water partition coefficient (Wildman–Crippen LogP) is 2.84. The van der Waals surface area contributed by atoms with Gasteiger partial charge in [0.25, 0.3) is 0 Å². The summed E-state index contributed by atoms with van der Waals surface area (Å²) in [6.45, 7) is 9.05. The first-order valence-electron chi connectivity index (χ1n) is 7.63. The minimum Gasteiger partial charge on any atom is -0.399 e. The minimum atomic E-state index is 0.433. The van der Waals surface area contributed by atoms with Crippen LogP contribution in [0.3, 0.4) is 0 Å². The zero-order valence-electron chi connectivity index (χ0n) is 12.5. The van der Waals surface area contributed by atoms with Crippen LogP contribution in [0.4, 0.5) is 5.69 Å². The molecule has 2 aromatic rings. The van der Waals surface area contributed by atoms with Crippen LogP contribution < -0.4 is 5.73 Å². The highest BCUT2D eigenvalue weighted by atomic mass is 15.2. The molecule has 0 bridgehead atoms. The molecule has 0 amide bonds. The van der Waals surface area contributed by atoms with Crippen LogP contribution in [0.2, 0.25) is 0 Å². The van der Waals surface area contributed by atoms with Crippen molar-refractivity contribution in [1.82, 2.24) is 14.5 Å². The molecule has 1 aliphatic rings. The fourth-order valence-electron chi connectivity index (χ4n) is 3.09. The molecule has 0 unspecified atom stereocenters. The lowest BCUT2D eigenvalue weighted by molar-refractivity contribution is 0.321. The number of nitrogens with two attached hydrogens (primary N) is 1. The Kier molecular flexibility index (Phi) is 3.66. The average molecular weight is 272 g/mol. The van der Waals surface area contributed by atoms with Crippen molar-refractivity contribution in [3.05, 3.63) is 24.0 Å². The number of imidazole rings is 1. The van der Waals surface area contributed by atoms with Crippen LogP contribution in [-0.2, 0) is 6.54 Å². The molecule has 0 spiro atoms. The van der Waals surface area contributed by atoms with Gasteiger partial charge >= 0.3 is 0 Å². The van der Waals surface area contributed by atoms with Gasteiger partial charge in [-0.2, -0.15) is 0 Å². The largest absolute Gasteiger partial charge is 0.399 e. The van der Waals surface area contributed by atoms with Gasteiger partial charge < -0.3 is 15.2 Å². The van der Waals surface area contributed by atoms with E-state index in [1.54, 1.807) is 0 Å². The number of likely N-dealkylation sites (tertiary alicyclic amines) is 1. The quantitative estimate of drug-likeness (QED) is 0.871. The van der Waals surface area contributed by atoms with E-state index in [1.165, 1.54) is 37.3 Å². The van der Waals surface area contributed by atoms with Crippen molar-refractivity contribution in [1.29, 1.82) is 0 Å². The molecule has 20 heavy (non-hydrogen) atoms. The molecule has 4 heteroatoms. The van der Waals surface area contributed by atoms with E-state index < -0.39 is 0 Å². The maximum absolute atomic E-state index is 5.88. The fourth-order valence-corrected chi connectivity index (χ4v) is 3.09. The third-order valence-electron chi connectivity index (χ3n) is 4.16. The number of aromatic nitrogens is 2. The fraction of sp³-hybridized carbons (Fsp3) is 0.562. The molecule has 1 fully saturated rings. The molecule has 0 saturated carbocycles. The molecular formula is C16H24N4. The zero-order valence-corrected chi connectivity index (χ0v) is 12.5. The van der Waals surface area contributed by atoms with E-state index >= 15 is 0 Å². The molecule has 1 aromatic heterocycles. The maximum atomic E-state index is 5.88. The van der Waals surface area contributed by atoms with Crippen LogP contribution in [0, 0.1) is 0 Å². The highest BCUT2D eigenvalue weighted by Crippen LogP contribution is 2.23. The summed E-state index contributed by atoms with van der Waals surface area (Å²) in [7, 11) is 0. The number of fused-ring (bicyclic) bond motifs is 1. The Hall–Kier alpha value is -1.55. The van der Waals surface area contributed by atoms with Crippen molar-refractivity contribution in [3.8, 4) is 0 Å². The second-order valence-corrected chi connectivity index (χ2v) is 6.07. The number of benzene rings is 1. The normalized spacial score (nSPS) is 16.6. The number of hydrogen-bond donors (Lipinski definition) is 1. The number of anilines is 1. The molecule has 3 rings (SSSR count). The highest BCUT2D eigenvalue weighted by Gasteiger charge is 2.16. The first-order valence-corrected chi connectivity index (χ1v) is 7.63. The van der Waals surface area contributed by atoms with Crippen LogP contribution in [0.1, 0.15) is 38.4 Å². The van der Waals surface area contributed by atoms with Crippen LogP contribution >= 0.6 is 0 Å². The van der Waals surface area contributed by atoms with Crippen molar-refractivity contribution in [2.24, 2.45) is 0 Å². The molecule has 108 valence electrons. The molecule has 0 atom stereocenters. The third kappa shape index (κ3) is 2.52. The molecule has 0 aliphatic carbocycles. The summed E-state index contributed by atoms with van der Waals surface area (Å²) in [6, 6.07) is 6.06. The highest BCUT2D eigenvalue weighted by molar-refractivity contribution is 5.79.